The van der Waals surface area contributed by atoms with E-state index in [2.05, 4.69) is 0 Å². The third kappa shape index (κ3) is 53.8. The summed E-state index contributed by atoms with van der Waals surface area (Å²) in [6.45, 7) is 0. The number of carbonyl (C=O) groups is 4. The van der Waals surface area contributed by atoms with Crippen molar-refractivity contribution >= 4 is 23.9 Å². The molecule has 13 heteroatoms. The van der Waals surface area contributed by atoms with Gasteiger partial charge in [-0.2, -0.15) is 0 Å². The van der Waals surface area contributed by atoms with Crippen LogP contribution in [0.2, 0.25) is 0 Å². The summed E-state index contributed by atoms with van der Waals surface area (Å²) < 4.78 is 17.2. The summed E-state index contributed by atoms with van der Waals surface area (Å²) >= 11 is -2.51. The molecule has 98 valence electrons. The van der Waals surface area contributed by atoms with Gasteiger partial charge in [-0.3, -0.25) is 0 Å². The summed E-state index contributed by atoms with van der Waals surface area (Å²) in [5.41, 5.74) is 0. The van der Waals surface area contributed by atoms with E-state index in [1.807, 2.05) is 0 Å². The fourth-order valence-electron chi connectivity index (χ4n) is 0. The maximum atomic E-state index is 8.93. The molecule has 0 rings (SSSR count). The second-order valence-electron chi connectivity index (χ2n) is 1.23. The summed E-state index contributed by atoms with van der Waals surface area (Å²) in [6, 6.07) is 0. The standard InChI is InChI=1S/2C2H2O4.2H3N.2O.U/c2*3-1(4)2(5)6;;;;;/h2*(H,3,4)(H,5,6);2*1H3;;;/q;;;;;;+2/p-2. The van der Waals surface area contributed by atoms with E-state index in [1.165, 1.54) is 0 Å². The zero-order valence-electron chi connectivity index (χ0n) is 8.58. The van der Waals surface area contributed by atoms with Gasteiger partial charge in [0.25, 0.3) is 0 Å². The minimum absolute atomic E-state index is 0. The predicted molar refractivity (Wildman–Crippen MR) is 33.4 cm³/mol. The average molecular weight is 482 g/mol. The van der Waals surface area contributed by atoms with Crippen LogP contribution in [-0.2, 0) is 23.6 Å². The summed E-state index contributed by atoms with van der Waals surface area (Å²) in [5, 5.41) is 35.7. The molecule has 0 spiro atoms. The monoisotopic (exact) mass is 482 g/mol. The summed E-state index contributed by atoms with van der Waals surface area (Å²) in [4.78, 5) is 35.7. The zero-order chi connectivity index (χ0) is 13.0. The number of carbonyl (C=O) groups excluding carboxylic acids is 4. The van der Waals surface area contributed by atoms with Crippen molar-refractivity contribution in [2.75, 3.05) is 0 Å². The Labute approximate surface area is 108 Å². The van der Waals surface area contributed by atoms with Crippen LogP contribution in [0.25, 0.3) is 0 Å². The molecule has 0 aliphatic rings. The van der Waals surface area contributed by atoms with Gasteiger partial charge in [0.15, 0.2) is 0 Å². The number of aliphatic carboxylic acids is 4. The Hall–Kier alpha value is -1.55. The molecular weight excluding hydrogens is 474 g/mol. The van der Waals surface area contributed by atoms with E-state index in [4.69, 9.17) is 44.1 Å². The summed E-state index contributed by atoms with van der Waals surface area (Å²) in [5.74, 6) is -8.74. The molecule has 0 heterocycles. The molecule has 0 aliphatic heterocycles. The van der Waals surface area contributed by atoms with Crippen LogP contribution in [0, 0.1) is 27.8 Å². The van der Waals surface area contributed by atoms with Gasteiger partial charge in [0.05, 0.1) is 23.9 Å². The third-order valence-corrected chi connectivity index (χ3v) is 0.333. The SMILES string of the molecule is O=C([O-])C(=O)[O-].O=C([O-])C(=O)[O-].[NH4+].[NH4+].[O]=[U+2]=[O]. The molecule has 0 aliphatic carbocycles. The van der Waals surface area contributed by atoms with Gasteiger partial charge >= 0.3 is 32.3 Å². The summed E-state index contributed by atoms with van der Waals surface area (Å²) in [6.07, 6.45) is 0. The molecule has 0 aromatic carbocycles. The van der Waals surface area contributed by atoms with Crippen LogP contribution in [0.5, 0.6) is 0 Å². The van der Waals surface area contributed by atoms with Crippen molar-refractivity contribution in [1.29, 1.82) is 0 Å². The van der Waals surface area contributed by atoms with Crippen LogP contribution in [0.4, 0.5) is 0 Å². The van der Waals surface area contributed by atoms with Crippen LogP contribution in [0.3, 0.4) is 0 Å². The van der Waals surface area contributed by atoms with Crippen LogP contribution in [0.1, 0.15) is 0 Å². The zero-order valence-corrected chi connectivity index (χ0v) is 12.7. The molecule has 0 unspecified atom stereocenters. The molecule has 0 aromatic heterocycles. The van der Waals surface area contributed by atoms with E-state index in [0.717, 1.165) is 0 Å². The van der Waals surface area contributed by atoms with Crippen molar-refractivity contribution in [1.82, 2.24) is 12.3 Å². The Kier molecular flexibility index (Phi) is 34.7. The van der Waals surface area contributed by atoms with E-state index in [0.29, 0.717) is 0 Å². The Balaban J connectivity index is -0.0000000421. The second-order valence-corrected chi connectivity index (χ2v) is 1.93. The van der Waals surface area contributed by atoms with Gasteiger partial charge in [-0.1, -0.05) is 0 Å². The van der Waals surface area contributed by atoms with Gasteiger partial charge in [-0.25, -0.2) is 0 Å². The first-order chi connectivity index (χ1) is 6.70. The van der Waals surface area contributed by atoms with Gasteiger partial charge in [-0.05, 0) is 0 Å². The molecule has 0 bridgehead atoms. The van der Waals surface area contributed by atoms with Gasteiger partial charge in [0.1, 0.15) is 0 Å². The molecule has 0 amide bonds. The first kappa shape index (κ1) is 29.5. The Morgan fingerprint density at radius 3 is 0.647 bits per heavy atom. The van der Waals surface area contributed by atoms with Gasteiger partial charge < -0.3 is 51.9 Å². The molecule has 0 fully saturated rings. The molecule has 8 N–H and O–H groups in total. The van der Waals surface area contributed by atoms with E-state index < -0.39 is 51.7 Å². The topological polar surface area (TPSA) is 268 Å². The van der Waals surface area contributed by atoms with Gasteiger partial charge in [0, 0.05) is 0 Å². The number of carboxylic acid groups (broad SMARTS) is 4. The van der Waals surface area contributed by atoms with Gasteiger partial charge in [0.2, 0.25) is 0 Å². The van der Waals surface area contributed by atoms with E-state index in [9.17, 15) is 0 Å². The average Bonchev–Trinajstić information content (AvgIpc) is 2.06. The molecule has 0 radical (unpaired) electrons. The molecule has 0 aromatic rings. The number of carboxylic acids is 4. The Morgan fingerprint density at radius 2 is 0.647 bits per heavy atom. The van der Waals surface area contributed by atoms with E-state index in [-0.39, 0.29) is 12.3 Å². The van der Waals surface area contributed by atoms with Crippen molar-refractivity contribution in [3.05, 3.63) is 0 Å². The Bertz CT molecular complexity index is 247. The molecule has 17 heavy (non-hydrogen) atoms. The van der Waals surface area contributed by atoms with E-state index in [1.54, 1.807) is 0 Å². The first-order valence-electron chi connectivity index (χ1n) is 2.54. The number of hydrogen-bond acceptors (Lipinski definition) is 10. The minimum atomic E-state index is -2.51. The third-order valence-electron chi connectivity index (χ3n) is 0.333. The van der Waals surface area contributed by atoms with Crippen molar-refractivity contribution < 1.29 is 71.9 Å². The van der Waals surface area contributed by atoms with Crippen molar-refractivity contribution in [2.45, 2.75) is 0 Å². The predicted octanol–water partition coefficient (Wildman–Crippen LogP) is -6.51. The number of hydrogen-bond donors (Lipinski definition) is 2. The Morgan fingerprint density at radius 1 is 0.588 bits per heavy atom. The molecule has 12 nitrogen and oxygen atoms in total. The van der Waals surface area contributed by atoms with Crippen molar-refractivity contribution in [2.24, 2.45) is 0 Å². The molecule has 0 atom stereocenters. The van der Waals surface area contributed by atoms with Crippen molar-refractivity contribution in [3.63, 3.8) is 0 Å². The van der Waals surface area contributed by atoms with E-state index >= 15 is 0 Å². The normalized spacial score (nSPS) is 5.65. The number of quaternary nitrogens is 2. The fourth-order valence-corrected chi connectivity index (χ4v) is 0. The molecule has 0 saturated carbocycles. The fraction of sp³-hybridized carbons (Fsp3) is 0. The second kappa shape index (κ2) is 19.9. The molecule has 0 saturated heterocycles. The van der Waals surface area contributed by atoms with Crippen molar-refractivity contribution in [3.8, 4) is 0 Å². The van der Waals surface area contributed by atoms with Gasteiger partial charge in [-0.15, -0.1) is 0 Å². The van der Waals surface area contributed by atoms with Crippen LogP contribution >= 0.6 is 0 Å². The first-order valence-corrected chi connectivity index (χ1v) is 5.94. The molecular formula is C4H8N2O10U. The maximum absolute atomic E-state index is 8.93. The van der Waals surface area contributed by atoms with Crippen LogP contribution in [-0.4, -0.2) is 23.9 Å². The van der Waals surface area contributed by atoms with Crippen LogP contribution in [0.15, 0.2) is 0 Å². The summed E-state index contributed by atoms with van der Waals surface area (Å²) in [7, 11) is 0. The quantitative estimate of drug-likeness (QED) is 0.308. The number of rotatable bonds is 0. The van der Waals surface area contributed by atoms with Crippen LogP contribution < -0.4 is 32.7 Å².